The van der Waals surface area contributed by atoms with Crippen molar-refractivity contribution >= 4 is 15.9 Å². The molecule has 0 aliphatic rings. The molecule has 0 aliphatic carbocycles. The second-order valence-electron chi connectivity index (χ2n) is 2.74. The number of rotatable bonds is 3. The number of hydrogen-bond acceptors (Lipinski definition) is 4. The van der Waals surface area contributed by atoms with E-state index in [1.807, 2.05) is 0 Å². The van der Waals surface area contributed by atoms with Gasteiger partial charge in [-0.1, -0.05) is 0 Å². The first-order chi connectivity index (χ1) is 6.86. The molecule has 0 aromatic heterocycles. The van der Waals surface area contributed by atoms with Crippen molar-refractivity contribution in [2.75, 3.05) is 7.11 Å². The van der Waals surface area contributed by atoms with Gasteiger partial charge in [-0.2, -0.15) is 0 Å². The molecule has 7 heteroatoms. The Hall–Kier alpha value is -1.60. The second kappa shape index (κ2) is 3.87. The highest BCUT2D eigenvalue weighted by atomic mass is 32.2. The zero-order valence-corrected chi connectivity index (χ0v) is 8.67. The highest BCUT2D eigenvalue weighted by Crippen LogP contribution is 2.21. The van der Waals surface area contributed by atoms with Crippen molar-refractivity contribution < 1.29 is 17.9 Å². The number of primary sulfonamides is 1. The Balaban J connectivity index is 3.42. The number of carbonyl (C=O) groups excluding carboxylic acids is 1. The summed E-state index contributed by atoms with van der Waals surface area (Å²) in [5, 5.41) is 4.88. The van der Waals surface area contributed by atoms with E-state index >= 15 is 0 Å². The molecule has 0 heterocycles. The average molecular weight is 229 g/mol. The SMILES string of the molecule is COc1ccc(S(N)(=O)=O)cc1C([NH])=O. The standard InChI is InChI=1S/C8H9N2O4S/c1-14-7-3-2-5(15(10,12)13)4-6(7)8(9)11/h2-4,9H,1H3,(H2,10,12,13). The van der Waals surface area contributed by atoms with Crippen LogP contribution in [0.3, 0.4) is 0 Å². The van der Waals surface area contributed by atoms with Crippen molar-refractivity contribution in [2.24, 2.45) is 5.14 Å². The fourth-order valence-electron chi connectivity index (χ4n) is 1.04. The lowest BCUT2D eigenvalue weighted by Crippen LogP contribution is -2.13. The van der Waals surface area contributed by atoms with Crippen molar-refractivity contribution in [3.8, 4) is 5.75 Å². The molecule has 6 nitrogen and oxygen atoms in total. The fourth-order valence-corrected chi connectivity index (χ4v) is 1.58. The third-order valence-corrected chi connectivity index (χ3v) is 2.66. The van der Waals surface area contributed by atoms with E-state index in [0.29, 0.717) is 0 Å². The van der Waals surface area contributed by atoms with Crippen LogP contribution in [0.25, 0.3) is 0 Å². The van der Waals surface area contributed by atoms with E-state index in [1.54, 1.807) is 0 Å². The zero-order valence-electron chi connectivity index (χ0n) is 7.85. The number of hydrogen-bond donors (Lipinski definition) is 1. The van der Waals surface area contributed by atoms with E-state index < -0.39 is 15.9 Å². The summed E-state index contributed by atoms with van der Waals surface area (Å²) in [6.45, 7) is 0. The zero-order chi connectivity index (χ0) is 11.6. The van der Waals surface area contributed by atoms with Crippen LogP contribution in [0, 0.1) is 0 Å². The van der Waals surface area contributed by atoms with E-state index in [0.717, 1.165) is 6.07 Å². The smallest absolute Gasteiger partial charge is 0.273 e. The molecule has 81 valence electrons. The van der Waals surface area contributed by atoms with Gasteiger partial charge in [0.15, 0.2) is 0 Å². The number of nitrogens with one attached hydrogen (secondary N) is 1. The number of benzene rings is 1. The summed E-state index contributed by atoms with van der Waals surface area (Å²) in [5.41, 5.74) is 6.77. The maximum Gasteiger partial charge on any atom is 0.273 e. The summed E-state index contributed by atoms with van der Waals surface area (Å²) in [6, 6.07) is 3.51. The van der Waals surface area contributed by atoms with Crippen LogP contribution in [-0.2, 0) is 10.0 Å². The lowest BCUT2D eigenvalue weighted by molar-refractivity contribution is 0.0989. The summed E-state index contributed by atoms with van der Waals surface area (Å²) in [7, 11) is -2.56. The summed E-state index contributed by atoms with van der Waals surface area (Å²) in [5.74, 6) is -0.889. The molecular weight excluding hydrogens is 220 g/mol. The highest BCUT2D eigenvalue weighted by Gasteiger charge is 2.15. The van der Waals surface area contributed by atoms with Crippen LogP contribution >= 0.6 is 0 Å². The molecule has 1 aromatic carbocycles. The van der Waals surface area contributed by atoms with Crippen molar-refractivity contribution in [3.63, 3.8) is 0 Å². The molecule has 3 N–H and O–H groups in total. The Kier molecular flexibility index (Phi) is 2.96. The van der Waals surface area contributed by atoms with Crippen LogP contribution < -0.4 is 15.6 Å². The van der Waals surface area contributed by atoms with Gasteiger partial charge in [0.1, 0.15) is 5.75 Å². The van der Waals surface area contributed by atoms with Gasteiger partial charge in [0, 0.05) is 0 Å². The van der Waals surface area contributed by atoms with E-state index in [-0.39, 0.29) is 16.2 Å². The molecule has 1 amide bonds. The number of methoxy groups -OCH3 is 1. The van der Waals surface area contributed by atoms with Gasteiger partial charge in [-0.25, -0.2) is 13.6 Å². The minimum absolute atomic E-state index is 0.135. The predicted molar refractivity (Wildman–Crippen MR) is 51.8 cm³/mol. The van der Waals surface area contributed by atoms with E-state index in [4.69, 9.17) is 15.6 Å². The van der Waals surface area contributed by atoms with Crippen molar-refractivity contribution in [1.29, 1.82) is 0 Å². The van der Waals surface area contributed by atoms with Gasteiger partial charge in [-0.05, 0) is 18.2 Å². The Bertz CT molecular complexity index is 495. The second-order valence-corrected chi connectivity index (χ2v) is 4.30. The Morgan fingerprint density at radius 1 is 1.47 bits per heavy atom. The maximum absolute atomic E-state index is 11.0. The largest absolute Gasteiger partial charge is 0.496 e. The molecule has 0 fully saturated rings. The van der Waals surface area contributed by atoms with Gasteiger partial charge in [-0.15, -0.1) is 0 Å². The Labute approximate surface area is 86.9 Å². The molecule has 15 heavy (non-hydrogen) atoms. The van der Waals surface area contributed by atoms with Gasteiger partial charge in [0.25, 0.3) is 5.91 Å². The van der Waals surface area contributed by atoms with Crippen LogP contribution in [0.1, 0.15) is 10.4 Å². The minimum Gasteiger partial charge on any atom is -0.496 e. The van der Waals surface area contributed by atoms with E-state index in [2.05, 4.69) is 0 Å². The van der Waals surface area contributed by atoms with Gasteiger partial charge >= 0.3 is 0 Å². The Morgan fingerprint density at radius 3 is 2.47 bits per heavy atom. The monoisotopic (exact) mass is 229 g/mol. The van der Waals surface area contributed by atoms with Crippen LogP contribution in [0.2, 0.25) is 0 Å². The lowest BCUT2D eigenvalue weighted by atomic mass is 10.2. The number of ether oxygens (including phenoxy) is 1. The minimum atomic E-state index is -3.87. The number of carbonyl (C=O) groups is 1. The normalized spacial score (nSPS) is 11.1. The number of nitrogens with two attached hydrogens (primary N) is 1. The average Bonchev–Trinajstić information content (AvgIpc) is 2.15. The van der Waals surface area contributed by atoms with Gasteiger partial charge in [-0.3, -0.25) is 10.5 Å². The molecule has 1 rings (SSSR count). The molecule has 0 saturated heterocycles. The fraction of sp³-hybridized carbons (Fsp3) is 0.125. The third-order valence-electron chi connectivity index (χ3n) is 1.74. The first kappa shape index (κ1) is 11.5. The molecule has 0 unspecified atom stereocenters. The van der Waals surface area contributed by atoms with E-state index in [1.165, 1.54) is 19.2 Å². The van der Waals surface area contributed by atoms with Crippen LogP contribution in [0.5, 0.6) is 5.75 Å². The molecule has 0 atom stereocenters. The van der Waals surface area contributed by atoms with Crippen LogP contribution in [0.4, 0.5) is 0 Å². The number of sulfonamides is 1. The molecule has 1 aromatic rings. The summed E-state index contributed by atoms with van der Waals surface area (Å²) in [4.78, 5) is 10.6. The van der Waals surface area contributed by atoms with Gasteiger partial charge in [0.05, 0.1) is 17.6 Å². The van der Waals surface area contributed by atoms with Crippen LogP contribution in [0.15, 0.2) is 23.1 Å². The summed E-state index contributed by atoms with van der Waals surface area (Å²) < 4.78 is 26.7. The van der Waals surface area contributed by atoms with Crippen molar-refractivity contribution in [2.45, 2.75) is 4.90 Å². The first-order valence-electron chi connectivity index (χ1n) is 3.83. The maximum atomic E-state index is 11.0. The van der Waals surface area contributed by atoms with Gasteiger partial charge < -0.3 is 4.74 Å². The molecule has 0 bridgehead atoms. The molecule has 0 saturated carbocycles. The molecule has 0 spiro atoms. The lowest BCUT2D eigenvalue weighted by Gasteiger charge is -2.06. The predicted octanol–water partition coefficient (Wildman–Crippen LogP) is -0.234. The molecule has 0 aliphatic heterocycles. The Morgan fingerprint density at radius 2 is 2.07 bits per heavy atom. The van der Waals surface area contributed by atoms with E-state index in [9.17, 15) is 13.2 Å². The molecule has 1 radical (unpaired) electrons. The number of amides is 1. The van der Waals surface area contributed by atoms with Crippen molar-refractivity contribution in [3.05, 3.63) is 23.8 Å². The highest BCUT2D eigenvalue weighted by molar-refractivity contribution is 7.89. The van der Waals surface area contributed by atoms with Crippen molar-refractivity contribution in [1.82, 2.24) is 5.73 Å². The summed E-state index contributed by atoms with van der Waals surface area (Å²) >= 11 is 0. The summed E-state index contributed by atoms with van der Waals surface area (Å²) in [6.07, 6.45) is 0. The van der Waals surface area contributed by atoms with Gasteiger partial charge in [0.2, 0.25) is 10.0 Å². The first-order valence-corrected chi connectivity index (χ1v) is 5.37. The third kappa shape index (κ3) is 2.45. The molecular formula is C8H9N2O4S. The van der Waals surface area contributed by atoms with Crippen LogP contribution in [-0.4, -0.2) is 21.4 Å². The topological polar surface area (TPSA) is 110 Å². The quantitative estimate of drug-likeness (QED) is 0.771.